The van der Waals surface area contributed by atoms with Crippen molar-refractivity contribution in [3.05, 3.63) is 48.0 Å². The third kappa shape index (κ3) is 3.05. The summed E-state index contributed by atoms with van der Waals surface area (Å²) in [6.45, 7) is 3.34. The standard InChI is InChI=1S/C17H19NO3/c1-12(18-14-4-3-5-15(11-14)19-2)13-6-7-16-17(10-13)21-9-8-20-16/h3-7,10-12,18H,8-9H2,1-2H3. The Morgan fingerprint density at radius 2 is 1.86 bits per heavy atom. The van der Waals surface area contributed by atoms with Crippen LogP contribution in [0.25, 0.3) is 0 Å². The highest BCUT2D eigenvalue weighted by molar-refractivity contribution is 5.51. The summed E-state index contributed by atoms with van der Waals surface area (Å²) in [7, 11) is 1.67. The molecule has 4 nitrogen and oxygen atoms in total. The summed E-state index contributed by atoms with van der Waals surface area (Å²) in [5.41, 5.74) is 2.18. The van der Waals surface area contributed by atoms with E-state index in [9.17, 15) is 0 Å². The Kier molecular flexibility index (Phi) is 3.86. The number of hydrogen-bond acceptors (Lipinski definition) is 4. The first-order valence-corrected chi connectivity index (χ1v) is 7.06. The van der Waals surface area contributed by atoms with Crippen LogP contribution in [0.3, 0.4) is 0 Å². The second-order valence-electron chi connectivity index (χ2n) is 5.00. The first-order chi connectivity index (χ1) is 10.3. The number of anilines is 1. The molecule has 2 aromatic rings. The van der Waals surface area contributed by atoms with Crippen molar-refractivity contribution >= 4 is 5.69 Å². The van der Waals surface area contributed by atoms with Gasteiger partial charge in [0.15, 0.2) is 11.5 Å². The molecule has 0 fully saturated rings. The number of benzene rings is 2. The van der Waals surface area contributed by atoms with Gasteiger partial charge in [0.1, 0.15) is 19.0 Å². The fraction of sp³-hybridized carbons (Fsp3) is 0.294. The van der Waals surface area contributed by atoms with Crippen LogP contribution in [0.5, 0.6) is 17.2 Å². The molecule has 1 atom stereocenters. The zero-order chi connectivity index (χ0) is 14.7. The molecule has 0 aliphatic carbocycles. The maximum absolute atomic E-state index is 5.63. The summed E-state index contributed by atoms with van der Waals surface area (Å²) in [6.07, 6.45) is 0. The molecule has 0 bridgehead atoms. The smallest absolute Gasteiger partial charge is 0.161 e. The lowest BCUT2D eigenvalue weighted by Crippen LogP contribution is -2.16. The van der Waals surface area contributed by atoms with Gasteiger partial charge in [-0.05, 0) is 36.8 Å². The lowest BCUT2D eigenvalue weighted by atomic mass is 10.1. The quantitative estimate of drug-likeness (QED) is 0.931. The second-order valence-corrected chi connectivity index (χ2v) is 5.00. The van der Waals surface area contributed by atoms with E-state index in [0.717, 1.165) is 28.5 Å². The second kappa shape index (κ2) is 5.95. The van der Waals surface area contributed by atoms with Crippen LogP contribution in [0, 0.1) is 0 Å². The topological polar surface area (TPSA) is 39.7 Å². The zero-order valence-electron chi connectivity index (χ0n) is 12.3. The van der Waals surface area contributed by atoms with Crippen molar-refractivity contribution in [1.29, 1.82) is 0 Å². The Balaban J connectivity index is 1.76. The highest BCUT2D eigenvalue weighted by Gasteiger charge is 2.14. The van der Waals surface area contributed by atoms with Gasteiger partial charge in [-0.1, -0.05) is 12.1 Å². The normalized spacial score (nSPS) is 14.4. The monoisotopic (exact) mass is 285 g/mol. The zero-order valence-corrected chi connectivity index (χ0v) is 12.3. The van der Waals surface area contributed by atoms with E-state index in [1.165, 1.54) is 0 Å². The molecule has 1 unspecified atom stereocenters. The van der Waals surface area contributed by atoms with E-state index in [1.807, 2.05) is 36.4 Å². The van der Waals surface area contributed by atoms with Gasteiger partial charge >= 0.3 is 0 Å². The van der Waals surface area contributed by atoms with Crippen LogP contribution in [0.1, 0.15) is 18.5 Å². The number of methoxy groups -OCH3 is 1. The maximum Gasteiger partial charge on any atom is 0.161 e. The number of fused-ring (bicyclic) bond motifs is 1. The minimum atomic E-state index is 0.160. The summed E-state index contributed by atoms with van der Waals surface area (Å²) in [5.74, 6) is 2.48. The molecular weight excluding hydrogens is 266 g/mol. The van der Waals surface area contributed by atoms with Gasteiger partial charge in [-0.25, -0.2) is 0 Å². The Morgan fingerprint density at radius 3 is 2.67 bits per heavy atom. The average Bonchev–Trinajstić information content (AvgIpc) is 2.54. The highest BCUT2D eigenvalue weighted by atomic mass is 16.6. The van der Waals surface area contributed by atoms with E-state index in [2.05, 4.69) is 18.3 Å². The van der Waals surface area contributed by atoms with Gasteiger partial charge in [-0.2, -0.15) is 0 Å². The van der Waals surface area contributed by atoms with Crippen molar-refractivity contribution < 1.29 is 14.2 Å². The van der Waals surface area contributed by atoms with Crippen LogP contribution in [-0.2, 0) is 0 Å². The number of hydrogen-bond donors (Lipinski definition) is 1. The van der Waals surface area contributed by atoms with Gasteiger partial charge in [0.2, 0.25) is 0 Å². The molecule has 1 aliphatic heterocycles. The molecule has 1 heterocycles. The van der Waals surface area contributed by atoms with Crippen molar-refractivity contribution in [2.24, 2.45) is 0 Å². The lowest BCUT2D eigenvalue weighted by molar-refractivity contribution is 0.171. The van der Waals surface area contributed by atoms with Gasteiger partial charge < -0.3 is 19.5 Å². The maximum atomic E-state index is 5.63. The Morgan fingerprint density at radius 1 is 1.05 bits per heavy atom. The van der Waals surface area contributed by atoms with Gasteiger partial charge in [-0.15, -0.1) is 0 Å². The largest absolute Gasteiger partial charge is 0.497 e. The molecular formula is C17H19NO3. The van der Waals surface area contributed by atoms with E-state index >= 15 is 0 Å². The van der Waals surface area contributed by atoms with Crippen molar-refractivity contribution in [3.63, 3.8) is 0 Å². The summed E-state index contributed by atoms with van der Waals surface area (Å²) < 4.78 is 16.4. The Labute approximate surface area is 124 Å². The van der Waals surface area contributed by atoms with Gasteiger partial charge in [0.25, 0.3) is 0 Å². The van der Waals surface area contributed by atoms with Gasteiger partial charge in [0, 0.05) is 17.8 Å². The summed E-state index contributed by atoms with van der Waals surface area (Å²) in [4.78, 5) is 0. The van der Waals surface area contributed by atoms with Crippen LogP contribution in [0.2, 0.25) is 0 Å². The molecule has 1 aliphatic rings. The molecule has 110 valence electrons. The summed E-state index contributed by atoms with van der Waals surface area (Å²) >= 11 is 0. The number of nitrogens with one attached hydrogen (secondary N) is 1. The predicted octanol–water partition coefficient (Wildman–Crippen LogP) is 3.64. The summed E-state index contributed by atoms with van der Waals surface area (Å²) in [5, 5.41) is 3.46. The number of rotatable bonds is 4. The Bertz CT molecular complexity index is 627. The average molecular weight is 285 g/mol. The molecule has 0 spiro atoms. The van der Waals surface area contributed by atoms with Crippen LogP contribution < -0.4 is 19.5 Å². The van der Waals surface area contributed by atoms with Crippen molar-refractivity contribution in [2.45, 2.75) is 13.0 Å². The molecule has 3 rings (SSSR count). The minimum Gasteiger partial charge on any atom is -0.497 e. The third-order valence-electron chi connectivity index (χ3n) is 3.52. The fourth-order valence-corrected chi connectivity index (χ4v) is 2.38. The van der Waals surface area contributed by atoms with E-state index in [0.29, 0.717) is 13.2 Å². The van der Waals surface area contributed by atoms with Crippen molar-refractivity contribution in [1.82, 2.24) is 0 Å². The molecule has 1 N–H and O–H groups in total. The first-order valence-electron chi connectivity index (χ1n) is 7.06. The molecule has 21 heavy (non-hydrogen) atoms. The van der Waals surface area contributed by atoms with Crippen LogP contribution in [0.4, 0.5) is 5.69 Å². The van der Waals surface area contributed by atoms with Gasteiger partial charge in [0.05, 0.1) is 7.11 Å². The van der Waals surface area contributed by atoms with E-state index < -0.39 is 0 Å². The van der Waals surface area contributed by atoms with Crippen molar-refractivity contribution in [2.75, 3.05) is 25.6 Å². The Hall–Kier alpha value is -2.36. The molecule has 0 aromatic heterocycles. The molecule has 0 saturated heterocycles. The SMILES string of the molecule is COc1cccc(NC(C)c2ccc3c(c2)OCCO3)c1. The van der Waals surface area contributed by atoms with E-state index in [1.54, 1.807) is 7.11 Å². The molecule has 0 radical (unpaired) electrons. The molecule has 2 aromatic carbocycles. The van der Waals surface area contributed by atoms with Gasteiger partial charge in [-0.3, -0.25) is 0 Å². The number of ether oxygens (including phenoxy) is 3. The van der Waals surface area contributed by atoms with Crippen LogP contribution in [-0.4, -0.2) is 20.3 Å². The summed E-state index contributed by atoms with van der Waals surface area (Å²) in [6, 6.07) is 14.1. The lowest BCUT2D eigenvalue weighted by Gasteiger charge is -2.21. The fourth-order valence-electron chi connectivity index (χ4n) is 2.38. The first kappa shape index (κ1) is 13.6. The molecule has 0 amide bonds. The van der Waals surface area contributed by atoms with E-state index in [4.69, 9.17) is 14.2 Å². The van der Waals surface area contributed by atoms with Crippen LogP contribution in [0.15, 0.2) is 42.5 Å². The van der Waals surface area contributed by atoms with Crippen molar-refractivity contribution in [3.8, 4) is 17.2 Å². The molecule has 0 saturated carbocycles. The highest BCUT2D eigenvalue weighted by Crippen LogP contribution is 2.33. The third-order valence-corrected chi connectivity index (χ3v) is 3.52. The minimum absolute atomic E-state index is 0.160. The van der Waals surface area contributed by atoms with E-state index in [-0.39, 0.29) is 6.04 Å². The van der Waals surface area contributed by atoms with Crippen LogP contribution >= 0.6 is 0 Å². The molecule has 4 heteroatoms. The predicted molar refractivity (Wildman–Crippen MR) is 82.5 cm³/mol.